The molecule has 0 bridgehead atoms. The van der Waals surface area contributed by atoms with E-state index in [9.17, 15) is 9.50 Å². The van der Waals surface area contributed by atoms with Gasteiger partial charge in [0, 0.05) is 5.56 Å². The van der Waals surface area contributed by atoms with Crippen molar-refractivity contribution in [1.29, 1.82) is 0 Å². The van der Waals surface area contributed by atoms with E-state index in [1.54, 1.807) is 6.26 Å². The Kier molecular flexibility index (Phi) is 2.74. The van der Waals surface area contributed by atoms with Gasteiger partial charge in [0.1, 0.15) is 11.6 Å². The first-order chi connectivity index (χ1) is 7.65. The van der Waals surface area contributed by atoms with Crippen molar-refractivity contribution in [2.75, 3.05) is 12.0 Å². The lowest BCUT2D eigenvalue weighted by molar-refractivity contribution is 0.436. The van der Waals surface area contributed by atoms with Crippen LogP contribution in [0.5, 0.6) is 5.75 Å². The van der Waals surface area contributed by atoms with Crippen LogP contribution in [0.25, 0.3) is 11.1 Å². The molecule has 0 spiro atoms. The second-order valence-electron chi connectivity index (χ2n) is 3.08. The number of aromatic hydroxyl groups is 1. The highest BCUT2D eigenvalue weighted by molar-refractivity contribution is 7.98. The normalized spacial score (nSPS) is 10.6. The Morgan fingerprint density at radius 2 is 2.19 bits per heavy atom. The third-order valence-electron chi connectivity index (χ3n) is 2.17. The van der Waals surface area contributed by atoms with Crippen molar-refractivity contribution >= 4 is 17.6 Å². The van der Waals surface area contributed by atoms with E-state index in [-0.39, 0.29) is 22.1 Å². The SMILES string of the molecule is CSc1c(O)ccc(-c2cnoc2N)c1F. The van der Waals surface area contributed by atoms with Gasteiger partial charge in [0.2, 0.25) is 5.88 Å². The number of hydrogen-bond acceptors (Lipinski definition) is 5. The summed E-state index contributed by atoms with van der Waals surface area (Å²) in [6.45, 7) is 0. The summed E-state index contributed by atoms with van der Waals surface area (Å²) in [5.74, 6) is -0.567. The molecule has 0 fully saturated rings. The molecule has 1 aromatic heterocycles. The highest BCUT2D eigenvalue weighted by Crippen LogP contribution is 2.37. The zero-order valence-electron chi connectivity index (χ0n) is 8.40. The number of rotatable bonds is 2. The van der Waals surface area contributed by atoms with E-state index in [2.05, 4.69) is 9.68 Å². The van der Waals surface area contributed by atoms with Crippen LogP contribution >= 0.6 is 11.8 Å². The number of nitrogen functional groups attached to an aromatic ring is 1. The maximum Gasteiger partial charge on any atom is 0.230 e. The van der Waals surface area contributed by atoms with E-state index in [4.69, 9.17) is 5.73 Å². The summed E-state index contributed by atoms with van der Waals surface area (Å²) in [5.41, 5.74) is 6.15. The summed E-state index contributed by atoms with van der Waals surface area (Å²) >= 11 is 1.12. The van der Waals surface area contributed by atoms with E-state index in [0.29, 0.717) is 5.56 Å². The van der Waals surface area contributed by atoms with Crippen molar-refractivity contribution in [2.45, 2.75) is 4.90 Å². The first-order valence-electron chi connectivity index (χ1n) is 4.41. The lowest BCUT2D eigenvalue weighted by Gasteiger charge is -2.06. The van der Waals surface area contributed by atoms with Gasteiger partial charge in [-0.05, 0) is 18.4 Å². The summed E-state index contributed by atoms with van der Waals surface area (Å²) in [5, 5.41) is 12.9. The standard InChI is InChI=1S/C10H9FN2O2S/c1-16-9-7(14)3-2-5(8(9)11)6-4-13-15-10(6)12/h2-4,14H,12H2,1H3. The Labute approximate surface area is 95.2 Å². The highest BCUT2D eigenvalue weighted by atomic mass is 32.2. The van der Waals surface area contributed by atoms with E-state index in [1.165, 1.54) is 18.3 Å². The van der Waals surface area contributed by atoms with Gasteiger partial charge in [0.15, 0.2) is 0 Å². The molecule has 84 valence electrons. The number of nitrogens with zero attached hydrogens (tertiary/aromatic N) is 1. The van der Waals surface area contributed by atoms with Crippen LogP contribution in [-0.4, -0.2) is 16.5 Å². The summed E-state index contributed by atoms with van der Waals surface area (Å²) in [6.07, 6.45) is 3.02. The quantitative estimate of drug-likeness (QED) is 0.789. The maximum absolute atomic E-state index is 14.0. The number of nitrogens with two attached hydrogens (primary N) is 1. The number of phenols is 1. The zero-order valence-corrected chi connectivity index (χ0v) is 9.21. The van der Waals surface area contributed by atoms with Gasteiger partial charge < -0.3 is 15.4 Å². The van der Waals surface area contributed by atoms with Gasteiger partial charge in [-0.2, -0.15) is 0 Å². The van der Waals surface area contributed by atoms with E-state index in [0.717, 1.165) is 11.8 Å². The minimum absolute atomic E-state index is 0.0524. The fourth-order valence-electron chi connectivity index (χ4n) is 1.40. The summed E-state index contributed by atoms with van der Waals surface area (Å²) in [4.78, 5) is 0.179. The fraction of sp³-hybridized carbons (Fsp3) is 0.100. The number of halogens is 1. The number of aromatic nitrogens is 1. The molecule has 0 unspecified atom stereocenters. The highest BCUT2D eigenvalue weighted by Gasteiger charge is 2.17. The summed E-state index contributed by atoms with van der Waals surface area (Å²) in [6, 6.07) is 2.85. The van der Waals surface area contributed by atoms with Crippen molar-refractivity contribution in [3.63, 3.8) is 0 Å². The minimum atomic E-state index is -0.526. The van der Waals surface area contributed by atoms with Crippen LogP contribution in [0.3, 0.4) is 0 Å². The molecular weight excluding hydrogens is 231 g/mol. The average Bonchev–Trinajstić information content (AvgIpc) is 2.66. The molecular formula is C10H9FN2O2S. The van der Waals surface area contributed by atoms with Crippen molar-refractivity contribution in [2.24, 2.45) is 0 Å². The molecule has 16 heavy (non-hydrogen) atoms. The summed E-state index contributed by atoms with van der Waals surface area (Å²) in [7, 11) is 0. The Morgan fingerprint density at radius 3 is 2.75 bits per heavy atom. The van der Waals surface area contributed by atoms with Crippen molar-refractivity contribution < 1.29 is 14.0 Å². The number of phenolic OH excluding ortho intramolecular Hbond substituents is 1. The topological polar surface area (TPSA) is 72.3 Å². The Hall–Kier alpha value is -1.69. The van der Waals surface area contributed by atoms with E-state index >= 15 is 0 Å². The van der Waals surface area contributed by atoms with Crippen molar-refractivity contribution in [3.8, 4) is 16.9 Å². The smallest absolute Gasteiger partial charge is 0.230 e. The molecule has 3 N–H and O–H groups in total. The van der Waals surface area contributed by atoms with Gasteiger partial charge in [0.25, 0.3) is 0 Å². The molecule has 0 saturated carbocycles. The molecule has 6 heteroatoms. The lowest BCUT2D eigenvalue weighted by atomic mass is 10.1. The second-order valence-corrected chi connectivity index (χ2v) is 3.90. The van der Waals surface area contributed by atoms with Gasteiger partial charge in [-0.25, -0.2) is 4.39 Å². The Morgan fingerprint density at radius 1 is 1.44 bits per heavy atom. The van der Waals surface area contributed by atoms with Gasteiger partial charge >= 0.3 is 0 Å². The molecule has 0 aliphatic heterocycles. The third-order valence-corrected chi connectivity index (χ3v) is 2.97. The molecule has 2 aromatic rings. The van der Waals surface area contributed by atoms with Gasteiger partial charge in [-0.15, -0.1) is 11.8 Å². The van der Waals surface area contributed by atoms with Crippen LogP contribution < -0.4 is 5.73 Å². The van der Waals surface area contributed by atoms with E-state index < -0.39 is 5.82 Å². The minimum Gasteiger partial charge on any atom is -0.507 e. The van der Waals surface area contributed by atoms with Crippen molar-refractivity contribution in [3.05, 3.63) is 24.1 Å². The molecule has 2 rings (SSSR count). The molecule has 0 radical (unpaired) electrons. The number of anilines is 1. The second kappa shape index (κ2) is 4.05. The van der Waals surface area contributed by atoms with Crippen LogP contribution in [0.15, 0.2) is 27.7 Å². The van der Waals surface area contributed by atoms with Crippen molar-refractivity contribution in [1.82, 2.24) is 5.16 Å². The third kappa shape index (κ3) is 1.61. The molecule has 0 aliphatic carbocycles. The zero-order chi connectivity index (χ0) is 11.7. The van der Waals surface area contributed by atoms with Gasteiger partial charge in [-0.1, -0.05) is 5.16 Å². The molecule has 0 saturated heterocycles. The largest absolute Gasteiger partial charge is 0.507 e. The van der Waals surface area contributed by atoms with Crippen LogP contribution in [0.4, 0.5) is 10.3 Å². The molecule has 1 heterocycles. The maximum atomic E-state index is 14.0. The van der Waals surface area contributed by atoms with Crippen LogP contribution in [-0.2, 0) is 0 Å². The monoisotopic (exact) mass is 240 g/mol. The Bertz CT molecular complexity index is 528. The van der Waals surface area contributed by atoms with Crippen LogP contribution in [0.1, 0.15) is 0 Å². The fourth-order valence-corrected chi connectivity index (χ4v) is 1.97. The first kappa shape index (κ1) is 10.8. The Balaban J connectivity index is 2.63. The lowest BCUT2D eigenvalue weighted by Crippen LogP contribution is -1.90. The molecule has 0 atom stereocenters. The molecule has 0 aliphatic rings. The molecule has 4 nitrogen and oxygen atoms in total. The number of benzene rings is 1. The average molecular weight is 240 g/mol. The first-order valence-corrected chi connectivity index (χ1v) is 5.63. The predicted octanol–water partition coefficient (Wildman–Crippen LogP) is 2.49. The summed E-state index contributed by atoms with van der Waals surface area (Å²) < 4.78 is 18.6. The molecule has 0 amide bonds. The number of hydrogen-bond donors (Lipinski definition) is 2. The predicted molar refractivity (Wildman–Crippen MR) is 59.8 cm³/mol. The van der Waals surface area contributed by atoms with E-state index in [1.807, 2.05) is 0 Å². The van der Waals surface area contributed by atoms with Crippen LogP contribution in [0, 0.1) is 5.82 Å². The molecule has 1 aromatic carbocycles. The van der Waals surface area contributed by atoms with Gasteiger partial charge in [-0.3, -0.25) is 0 Å². The number of thioether (sulfide) groups is 1. The van der Waals surface area contributed by atoms with Crippen LogP contribution in [0.2, 0.25) is 0 Å². The van der Waals surface area contributed by atoms with Gasteiger partial charge in [0.05, 0.1) is 16.7 Å².